The van der Waals surface area contributed by atoms with Crippen molar-refractivity contribution < 1.29 is 17.9 Å². The first-order chi connectivity index (χ1) is 6.50. The minimum atomic E-state index is -4.38. The summed E-state index contributed by atoms with van der Waals surface area (Å²) in [6, 6.07) is 3.45. The second-order valence-electron chi connectivity index (χ2n) is 3.14. The Balaban J connectivity index is 2.55. The Hall–Kier alpha value is -1.23. The molecule has 1 heterocycles. The highest BCUT2D eigenvalue weighted by Gasteiger charge is 2.37. The summed E-state index contributed by atoms with van der Waals surface area (Å²) in [4.78, 5) is 0. The average Bonchev–Trinajstić information content (AvgIpc) is 2.46. The molecular formula is C9H8F3NO. The van der Waals surface area contributed by atoms with Crippen molar-refractivity contribution in [1.82, 2.24) is 0 Å². The van der Waals surface area contributed by atoms with Crippen LogP contribution in [-0.2, 0) is 6.18 Å². The van der Waals surface area contributed by atoms with Crippen molar-refractivity contribution in [3.63, 3.8) is 0 Å². The fourth-order valence-electron chi connectivity index (χ4n) is 1.49. The van der Waals surface area contributed by atoms with Crippen molar-refractivity contribution in [2.24, 2.45) is 5.73 Å². The molecule has 0 spiro atoms. The molecule has 1 aliphatic rings. The van der Waals surface area contributed by atoms with Gasteiger partial charge in [-0.15, -0.1) is 0 Å². The Bertz CT molecular complexity index is 362. The van der Waals surface area contributed by atoms with Crippen LogP contribution >= 0.6 is 0 Å². The first-order valence-electron chi connectivity index (χ1n) is 4.08. The SMILES string of the molecule is N[C@H]1COc2c1cccc2C(F)(F)F. The highest BCUT2D eigenvalue weighted by Crippen LogP contribution is 2.42. The van der Waals surface area contributed by atoms with Crippen molar-refractivity contribution in [3.05, 3.63) is 29.3 Å². The normalized spacial score (nSPS) is 20.4. The van der Waals surface area contributed by atoms with Gasteiger partial charge in [0.1, 0.15) is 12.4 Å². The van der Waals surface area contributed by atoms with Crippen LogP contribution in [-0.4, -0.2) is 6.61 Å². The number of rotatable bonds is 0. The second-order valence-corrected chi connectivity index (χ2v) is 3.14. The van der Waals surface area contributed by atoms with Crippen LogP contribution < -0.4 is 10.5 Å². The van der Waals surface area contributed by atoms with Gasteiger partial charge in [-0.1, -0.05) is 12.1 Å². The van der Waals surface area contributed by atoms with Crippen LogP contribution in [0.5, 0.6) is 5.75 Å². The maximum absolute atomic E-state index is 12.4. The van der Waals surface area contributed by atoms with Gasteiger partial charge in [-0.3, -0.25) is 0 Å². The van der Waals surface area contributed by atoms with Gasteiger partial charge in [0, 0.05) is 5.56 Å². The average molecular weight is 203 g/mol. The molecule has 5 heteroatoms. The Labute approximate surface area is 78.5 Å². The molecule has 2 N–H and O–H groups in total. The number of halogens is 3. The number of ether oxygens (including phenoxy) is 1. The quantitative estimate of drug-likeness (QED) is 0.700. The highest BCUT2D eigenvalue weighted by atomic mass is 19.4. The molecule has 0 radical (unpaired) electrons. The topological polar surface area (TPSA) is 35.2 Å². The summed E-state index contributed by atoms with van der Waals surface area (Å²) >= 11 is 0. The molecule has 1 atom stereocenters. The van der Waals surface area contributed by atoms with Crippen molar-refractivity contribution in [1.29, 1.82) is 0 Å². The van der Waals surface area contributed by atoms with Crippen molar-refractivity contribution in [3.8, 4) is 5.75 Å². The summed E-state index contributed by atoms with van der Waals surface area (Å²) in [5, 5.41) is 0. The Morgan fingerprint density at radius 1 is 1.36 bits per heavy atom. The molecule has 0 unspecified atom stereocenters. The van der Waals surface area contributed by atoms with E-state index in [1.54, 1.807) is 6.07 Å². The molecule has 1 aromatic carbocycles. The molecule has 0 aliphatic carbocycles. The van der Waals surface area contributed by atoms with Crippen molar-refractivity contribution >= 4 is 0 Å². The molecule has 0 fully saturated rings. The third kappa shape index (κ3) is 1.33. The highest BCUT2D eigenvalue weighted by molar-refractivity contribution is 5.47. The summed E-state index contributed by atoms with van der Waals surface area (Å²) in [7, 11) is 0. The van der Waals surface area contributed by atoms with Crippen LogP contribution in [0.1, 0.15) is 17.2 Å². The number of hydrogen-bond acceptors (Lipinski definition) is 2. The maximum atomic E-state index is 12.4. The van der Waals surface area contributed by atoms with Gasteiger partial charge >= 0.3 is 6.18 Å². The number of para-hydroxylation sites is 1. The maximum Gasteiger partial charge on any atom is 0.419 e. The number of hydrogen-bond donors (Lipinski definition) is 1. The lowest BCUT2D eigenvalue weighted by Crippen LogP contribution is -2.10. The molecule has 0 aromatic heterocycles. The van der Waals surface area contributed by atoms with Crippen molar-refractivity contribution in [2.75, 3.05) is 6.61 Å². The number of alkyl halides is 3. The third-order valence-electron chi connectivity index (χ3n) is 2.16. The molecular weight excluding hydrogens is 195 g/mol. The van der Waals surface area contributed by atoms with Gasteiger partial charge in [0.2, 0.25) is 0 Å². The van der Waals surface area contributed by atoms with E-state index >= 15 is 0 Å². The minimum Gasteiger partial charge on any atom is -0.491 e. The molecule has 0 bridgehead atoms. The zero-order valence-corrected chi connectivity index (χ0v) is 7.14. The van der Waals surface area contributed by atoms with Gasteiger partial charge in [0.05, 0.1) is 11.6 Å². The molecule has 0 saturated heterocycles. The fraction of sp³-hybridized carbons (Fsp3) is 0.333. The van der Waals surface area contributed by atoms with E-state index in [1.165, 1.54) is 6.07 Å². The van der Waals surface area contributed by atoms with Crippen LogP contribution in [0.4, 0.5) is 13.2 Å². The lowest BCUT2D eigenvalue weighted by molar-refractivity contribution is -0.138. The van der Waals surface area contributed by atoms with Crippen LogP contribution in [0.2, 0.25) is 0 Å². The standard InChI is InChI=1S/C9H8F3NO/c10-9(11,12)6-3-1-2-5-7(13)4-14-8(5)6/h1-3,7H,4,13H2/t7-/m0/s1. The van der Waals surface area contributed by atoms with Crippen LogP contribution in [0, 0.1) is 0 Å². The van der Waals surface area contributed by atoms with Crippen LogP contribution in [0.25, 0.3) is 0 Å². The molecule has 2 nitrogen and oxygen atoms in total. The Kier molecular flexibility index (Phi) is 1.92. The van der Waals surface area contributed by atoms with Gasteiger partial charge < -0.3 is 10.5 Å². The van der Waals surface area contributed by atoms with E-state index in [0.29, 0.717) is 5.56 Å². The number of nitrogens with two attached hydrogens (primary N) is 1. The third-order valence-corrected chi connectivity index (χ3v) is 2.16. The van der Waals surface area contributed by atoms with Gasteiger partial charge in [0.15, 0.2) is 0 Å². The zero-order chi connectivity index (χ0) is 10.3. The van der Waals surface area contributed by atoms with Crippen molar-refractivity contribution in [2.45, 2.75) is 12.2 Å². The Morgan fingerprint density at radius 2 is 2.07 bits per heavy atom. The predicted molar refractivity (Wildman–Crippen MR) is 43.9 cm³/mol. The summed E-state index contributed by atoms with van der Waals surface area (Å²) in [6.07, 6.45) is -4.38. The predicted octanol–water partition coefficient (Wildman–Crippen LogP) is 2.10. The number of benzene rings is 1. The summed E-state index contributed by atoms with van der Waals surface area (Å²) in [5.41, 5.74) is 5.25. The summed E-state index contributed by atoms with van der Waals surface area (Å²) in [5.74, 6) is -0.118. The summed E-state index contributed by atoms with van der Waals surface area (Å²) in [6.45, 7) is 0.114. The molecule has 76 valence electrons. The fourth-order valence-corrected chi connectivity index (χ4v) is 1.49. The summed E-state index contributed by atoms with van der Waals surface area (Å²) < 4.78 is 42.3. The lowest BCUT2D eigenvalue weighted by Gasteiger charge is -2.10. The smallest absolute Gasteiger partial charge is 0.419 e. The van der Waals surface area contributed by atoms with E-state index in [9.17, 15) is 13.2 Å². The van der Waals surface area contributed by atoms with E-state index in [-0.39, 0.29) is 12.4 Å². The molecule has 1 aliphatic heterocycles. The van der Waals surface area contributed by atoms with Crippen LogP contribution in [0.15, 0.2) is 18.2 Å². The van der Waals surface area contributed by atoms with Gasteiger partial charge in [-0.05, 0) is 6.07 Å². The van der Waals surface area contributed by atoms with E-state index in [4.69, 9.17) is 10.5 Å². The van der Waals surface area contributed by atoms with Gasteiger partial charge in [-0.25, -0.2) is 0 Å². The first kappa shape index (κ1) is 9.33. The van der Waals surface area contributed by atoms with E-state index in [1.807, 2.05) is 0 Å². The second kappa shape index (κ2) is 2.88. The largest absolute Gasteiger partial charge is 0.491 e. The van der Waals surface area contributed by atoms with E-state index < -0.39 is 17.8 Å². The lowest BCUT2D eigenvalue weighted by atomic mass is 10.1. The van der Waals surface area contributed by atoms with Gasteiger partial charge in [0.25, 0.3) is 0 Å². The molecule has 1 aromatic rings. The minimum absolute atomic E-state index is 0.114. The van der Waals surface area contributed by atoms with Gasteiger partial charge in [-0.2, -0.15) is 13.2 Å². The molecule has 14 heavy (non-hydrogen) atoms. The molecule has 0 saturated carbocycles. The monoisotopic (exact) mass is 203 g/mol. The van der Waals surface area contributed by atoms with Crippen LogP contribution in [0.3, 0.4) is 0 Å². The molecule has 2 rings (SSSR count). The first-order valence-corrected chi connectivity index (χ1v) is 4.08. The zero-order valence-electron chi connectivity index (χ0n) is 7.14. The molecule has 0 amide bonds. The number of fused-ring (bicyclic) bond motifs is 1. The van der Waals surface area contributed by atoms with E-state index in [0.717, 1.165) is 6.07 Å². The van der Waals surface area contributed by atoms with E-state index in [2.05, 4.69) is 0 Å². The Morgan fingerprint density at radius 3 is 2.71 bits per heavy atom.